The van der Waals surface area contributed by atoms with Crippen molar-refractivity contribution in [2.24, 2.45) is 0 Å². The largest absolute Gasteiger partial charge is 0.316 e. The number of nitrogens with one attached hydrogen (secondary N) is 1. The lowest BCUT2D eigenvalue weighted by Gasteiger charge is -2.14. The van der Waals surface area contributed by atoms with Crippen molar-refractivity contribution in [2.45, 2.75) is 25.7 Å². The molecule has 0 aromatic heterocycles. The molecule has 0 radical (unpaired) electrons. The predicted molar refractivity (Wildman–Crippen MR) is 85.5 cm³/mol. The van der Waals surface area contributed by atoms with Crippen LogP contribution in [0.3, 0.4) is 0 Å². The molecule has 1 N–H and O–H groups in total. The van der Waals surface area contributed by atoms with Gasteiger partial charge >= 0.3 is 0 Å². The van der Waals surface area contributed by atoms with Crippen molar-refractivity contribution >= 4 is 11.6 Å². The summed E-state index contributed by atoms with van der Waals surface area (Å²) in [5.74, 6) is -0.172. The first-order valence-electron chi connectivity index (χ1n) is 7.48. The molecule has 0 unspecified atom stereocenters. The van der Waals surface area contributed by atoms with E-state index < -0.39 is 0 Å². The average Bonchev–Trinajstić information content (AvgIpc) is 2.72. The summed E-state index contributed by atoms with van der Waals surface area (Å²) in [7, 11) is 0. The van der Waals surface area contributed by atoms with Gasteiger partial charge in [-0.3, -0.25) is 0 Å². The molecule has 3 rings (SSSR count). The average molecular weight is 304 g/mol. The number of fused-ring (bicyclic) bond motifs is 1. The van der Waals surface area contributed by atoms with E-state index in [4.69, 9.17) is 11.6 Å². The summed E-state index contributed by atoms with van der Waals surface area (Å²) in [6.45, 7) is 2.03. The van der Waals surface area contributed by atoms with Gasteiger partial charge in [-0.15, -0.1) is 0 Å². The lowest BCUT2D eigenvalue weighted by Crippen LogP contribution is -2.16. The smallest absolute Gasteiger partial charge is 0.123 e. The van der Waals surface area contributed by atoms with Gasteiger partial charge in [0.05, 0.1) is 0 Å². The zero-order chi connectivity index (χ0) is 14.7. The topological polar surface area (TPSA) is 12.0 Å². The van der Waals surface area contributed by atoms with Crippen LogP contribution in [0.15, 0.2) is 36.4 Å². The Labute approximate surface area is 130 Å². The summed E-state index contributed by atoms with van der Waals surface area (Å²) >= 11 is 6.42. The van der Waals surface area contributed by atoms with Gasteiger partial charge in [0.2, 0.25) is 0 Å². The molecule has 0 saturated heterocycles. The van der Waals surface area contributed by atoms with Gasteiger partial charge in [-0.2, -0.15) is 0 Å². The van der Waals surface area contributed by atoms with Crippen LogP contribution in [0.4, 0.5) is 4.39 Å². The van der Waals surface area contributed by atoms with E-state index in [1.807, 2.05) is 12.1 Å². The van der Waals surface area contributed by atoms with Gasteiger partial charge in [-0.05, 0) is 79.2 Å². The fourth-order valence-electron chi connectivity index (χ4n) is 3.05. The highest BCUT2D eigenvalue weighted by Crippen LogP contribution is 2.27. The summed E-state index contributed by atoms with van der Waals surface area (Å²) in [4.78, 5) is 0. The van der Waals surface area contributed by atoms with Gasteiger partial charge in [0.1, 0.15) is 5.82 Å². The fourth-order valence-corrected chi connectivity index (χ4v) is 3.32. The lowest BCUT2D eigenvalue weighted by molar-refractivity contribution is 0.625. The van der Waals surface area contributed by atoms with Crippen molar-refractivity contribution < 1.29 is 4.39 Å². The van der Waals surface area contributed by atoms with Gasteiger partial charge in [0, 0.05) is 5.02 Å². The number of aryl methyl sites for hydroxylation is 1. The van der Waals surface area contributed by atoms with E-state index >= 15 is 0 Å². The second-order valence-electron chi connectivity index (χ2n) is 5.54. The molecule has 1 nitrogen and oxygen atoms in total. The van der Waals surface area contributed by atoms with Crippen molar-refractivity contribution in [3.8, 4) is 0 Å². The van der Waals surface area contributed by atoms with E-state index in [9.17, 15) is 4.39 Å². The molecular weight excluding hydrogens is 285 g/mol. The second-order valence-corrected chi connectivity index (χ2v) is 5.95. The van der Waals surface area contributed by atoms with Gasteiger partial charge in [-0.25, -0.2) is 4.39 Å². The van der Waals surface area contributed by atoms with Crippen molar-refractivity contribution in [2.75, 3.05) is 13.1 Å². The highest BCUT2D eigenvalue weighted by atomic mass is 35.5. The molecule has 0 bridgehead atoms. The third kappa shape index (κ3) is 3.45. The number of hydrogen-bond donors (Lipinski definition) is 1. The molecule has 1 heterocycles. The Kier molecular flexibility index (Phi) is 4.57. The Bertz CT molecular complexity index is 639. The van der Waals surface area contributed by atoms with Crippen LogP contribution in [-0.4, -0.2) is 13.1 Å². The minimum Gasteiger partial charge on any atom is -0.316 e. The highest BCUT2D eigenvalue weighted by Gasteiger charge is 2.14. The number of halogens is 2. The summed E-state index contributed by atoms with van der Waals surface area (Å²) < 4.78 is 13.3. The van der Waals surface area contributed by atoms with Crippen molar-refractivity contribution in [1.82, 2.24) is 5.32 Å². The maximum absolute atomic E-state index is 13.3. The molecule has 3 heteroatoms. The quantitative estimate of drug-likeness (QED) is 0.905. The molecule has 21 heavy (non-hydrogen) atoms. The molecule has 1 aliphatic heterocycles. The summed E-state index contributed by atoms with van der Waals surface area (Å²) in [5.41, 5.74) is 5.06. The van der Waals surface area contributed by atoms with E-state index in [0.717, 1.165) is 49.4 Å². The Morgan fingerprint density at radius 2 is 1.90 bits per heavy atom. The zero-order valence-corrected chi connectivity index (χ0v) is 12.7. The standard InChI is InChI=1S/C18H19ClFN/c19-18-7-5-14-8-10-21-11-9-16(14)17(18)6-4-13-2-1-3-15(20)12-13/h1-3,5,7,12,21H,4,6,8-11H2. The summed E-state index contributed by atoms with van der Waals surface area (Å²) in [5, 5.41) is 4.27. The number of rotatable bonds is 3. The monoisotopic (exact) mass is 303 g/mol. The first-order valence-corrected chi connectivity index (χ1v) is 7.86. The molecule has 0 saturated carbocycles. The minimum absolute atomic E-state index is 0.172. The zero-order valence-electron chi connectivity index (χ0n) is 12.0. The molecule has 0 amide bonds. The van der Waals surface area contributed by atoms with E-state index in [0.29, 0.717) is 0 Å². The first-order chi connectivity index (χ1) is 10.2. The van der Waals surface area contributed by atoms with E-state index in [1.54, 1.807) is 12.1 Å². The minimum atomic E-state index is -0.172. The Morgan fingerprint density at radius 3 is 2.76 bits per heavy atom. The third-order valence-corrected chi connectivity index (χ3v) is 4.50. The van der Waals surface area contributed by atoms with E-state index in [2.05, 4.69) is 11.4 Å². The normalized spacial score (nSPS) is 14.6. The maximum Gasteiger partial charge on any atom is 0.123 e. The van der Waals surface area contributed by atoms with Crippen LogP contribution in [0.5, 0.6) is 0 Å². The molecular formula is C18H19ClFN. The Hall–Kier alpha value is -1.38. The molecule has 0 spiro atoms. The SMILES string of the molecule is Fc1cccc(CCc2c(Cl)ccc3c2CCNCC3)c1. The van der Waals surface area contributed by atoms with Crippen LogP contribution in [0, 0.1) is 5.82 Å². The van der Waals surface area contributed by atoms with Gasteiger partial charge in [-0.1, -0.05) is 29.8 Å². The van der Waals surface area contributed by atoms with Gasteiger partial charge in [0.15, 0.2) is 0 Å². The molecule has 0 atom stereocenters. The van der Waals surface area contributed by atoms with Crippen molar-refractivity contribution in [1.29, 1.82) is 0 Å². The second kappa shape index (κ2) is 6.59. The number of benzene rings is 2. The van der Waals surface area contributed by atoms with Crippen molar-refractivity contribution in [3.63, 3.8) is 0 Å². The maximum atomic E-state index is 13.3. The molecule has 1 aliphatic rings. The van der Waals surface area contributed by atoms with Gasteiger partial charge in [0.25, 0.3) is 0 Å². The molecule has 110 valence electrons. The number of hydrogen-bond acceptors (Lipinski definition) is 1. The molecule has 0 aliphatic carbocycles. The van der Waals surface area contributed by atoms with E-state index in [-0.39, 0.29) is 5.82 Å². The van der Waals surface area contributed by atoms with E-state index in [1.165, 1.54) is 22.8 Å². The van der Waals surface area contributed by atoms with Crippen LogP contribution in [0.1, 0.15) is 22.3 Å². The lowest BCUT2D eigenvalue weighted by atomic mass is 9.93. The van der Waals surface area contributed by atoms with Crippen molar-refractivity contribution in [3.05, 3.63) is 69.5 Å². The van der Waals surface area contributed by atoms with Crippen LogP contribution in [0.2, 0.25) is 5.02 Å². The Morgan fingerprint density at radius 1 is 1.05 bits per heavy atom. The molecule has 2 aromatic rings. The fraction of sp³-hybridized carbons (Fsp3) is 0.333. The predicted octanol–water partition coefficient (Wildman–Crippen LogP) is 3.95. The van der Waals surface area contributed by atoms with Crippen LogP contribution < -0.4 is 5.32 Å². The molecule has 2 aromatic carbocycles. The highest BCUT2D eigenvalue weighted by molar-refractivity contribution is 6.31. The molecule has 0 fully saturated rings. The first kappa shape index (κ1) is 14.6. The van der Waals surface area contributed by atoms with Gasteiger partial charge < -0.3 is 5.32 Å². The van der Waals surface area contributed by atoms with Crippen LogP contribution in [0.25, 0.3) is 0 Å². The Balaban J connectivity index is 1.84. The summed E-state index contributed by atoms with van der Waals surface area (Å²) in [6.07, 6.45) is 3.76. The third-order valence-electron chi connectivity index (χ3n) is 4.15. The van der Waals surface area contributed by atoms with Crippen LogP contribution in [-0.2, 0) is 25.7 Å². The van der Waals surface area contributed by atoms with Crippen LogP contribution >= 0.6 is 11.6 Å². The summed E-state index contributed by atoms with van der Waals surface area (Å²) in [6, 6.07) is 11.0.